The minimum Gasteiger partial charge on any atom is -0.444 e. The fourth-order valence-electron chi connectivity index (χ4n) is 1.81. The first kappa shape index (κ1) is 18.0. The van der Waals surface area contributed by atoms with Gasteiger partial charge in [0.05, 0.1) is 0 Å². The number of hydrogen-bond donors (Lipinski definition) is 2. The highest BCUT2D eigenvalue weighted by molar-refractivity contribution is 9.10. The molecular weight excluding hydrogens is 332 g/mol. The number of halogens is 1. The molecule has 1 amide bonds. The van der Waals surface area contributed by atoms with Crippen LogP contribution >= 0.6 is 15.9 Å². The Balaban J connectivity index is 2.36. The fraction of sp³-hybridized carbons (Fsp3) is 0.562. The lowest BCUT2D eigenvalue weighted by Crippen LogP contribution is -2.43. The molecule has 4 nitrogen and oxygen atoms in total. The van der Waals surface area contributed by atoms with E-state index in [2.05, 4.69) is 38.7 Å². The Hall–Kier alpha value is -1.07. The lowest BCUT2D eigenvalue weighted by atomic mass is 10.2. The highest BCUT2D eigenvalue weighted by Crippen LogP contribution is 2.11. The molecule has 1 unspecified atom stereocenters. The molecule has 0 aliphatic heterocycles. The Kier molecular flexibility index (Phi) is 7.18. The Morgan fingerprint density at radius 2 is 2.10 bits per heavy atom. The Labute approximate surface area is 135 Å². The molecule has 0 heterocycles. The maximum Gasteiger partial charge on any atom is 0.407 e. The van der Waals surface area contributed by atoms with Gasteiger partial charge in [0.25, 0.3) is 0 Å². The van der Waals surface area contributed by atoms with Crippen LogP contribution in [0.4, 0.5) is 4.79 Å². The standard InChI is InChI=1S/C16H25BrN2O2/c1-5-14(19-15(20)21-16(2,3)4)11-18-10-12-7-6-8-13(17)9-12/h6-9,14,18H,5,10-11H2,1-4H3,(H,19,20). The molecule has 2 N–H and O–H groups in total. The molecule has 0 spiro atoms. The third kappa shape index (κ3) is 8.07. The number of ether oxygens (including phenoxy) is 1. The van der Waals surface area contributed by atoms with Crippen LogP contribution in [0.5, 0.6) is 0 Å². The molecule has 0 radical (unpaired) electrons. The Bertz CT molecular complexity index is 458. The largest absolute Gasteiger partial charge is 0.444 e. The van der Waals surface area contributed by atoms with E-state index in [1.165, 1.54) is 5.56 Å². The van der Waals surface area contributed by atoms with E-state index >= 15 is 0 Å². The van der Waals surface area contributed by atoms with Crippen molar-refractivity contribution in [1.82, 2.24) is 10.6 Å². The highest BCUT2D eigenvalue weighted by atomic mass is 79.9. The molecule has 0 aliphatic rings. The number of amides is 1. The monoisotopic (exact) mass is 356 g/mol. The first-order valence-electron chi connectivity index (χ1n) is 7.25. The average molecular weight is 357 g/mol. The summed E-state index contributed by atoms with van der Waals surface area (Å²) in [6.07, 6.45) is 0.490. The van der Waals surface area contributed by atoms with Crippen molar-refractivity contribution in [3.05, 3.63) is 34.3 Å². The molecule has 0 saturated carbocycles. The molecule has 5 heteroatoms. The maximum absolute atomic E-state index is 11.7. The van der Waals surface area contributed by atoms with Crippen molar-refractivity contribution in [2.24, 2.45) is 0 Å². The van der Waals surface area contributed by atoms with Crippen molar-refractivity contribution in [3.63, 3.8) is 0 Å². The van der Waals surface area contributed by atoms with Crippen LogP contribution in [0, 0.1) is 0 Å². The van der Waals surface area contributed by atoms with Gasteiger partial charge in [-0.3, -0.25) is 0 Å². The van der Waals surface area contributed by atoms with E-state index in [0.29, 0.717) is 6.54 Å². The van der Waals surface area contributed by atoms with E-state index in [-0.39, 0.29) is 12.1 Å². The van der Waals surface area contributed by atoms with Crippen LogP contribution < -0.4 is 10.6 Å². The van der Waals surface area contributed by atoms with Crippen molar-refractivity contribution in [2.75, 3.05) is 6.54 Å². The summed E-state index contributed by atoms with van der Waals surface area (Å²) in [6.45, 7) is 9.11. The summed E-state index contributed by atoms with van der Waals surface area (Å²) >= 11 is 3.46. The summed E-state index contributed by atoms with van der Waals surface area (Å²) in [7, 11) is 0. The van der Waals surface area contributed by atoms with Gasteiger partial charge in [-0.25, -0.2) is 4.79 Å². The first-order chi connectivity index (χ1) is 9.80. The van der Waals surface area contributed by atoms with Gasteiger partial charge in [0, 0.05) is 23.6 Å². The predicted octanol–water partition coefficient (Wildman–Crippen LogP) is 3.84. The van der Waals surface area contributed by atoms with E-state index in [0.717, 1.165) is 17.4 Å². The van der Waals surface area contributed by atoms with Crippen LogP contribution in [0.2, 0.25) is 0 Å². The SMILES string of the molecule is CCC(CNCc1cccc(Br)c1)NC(=O)OC(C)(C)C. The average Bonchev–Trinajstić information content (AvgIpc) is 2.35. The number of alkyl carbamates (subject to hydrolysis) is 1. The van der Waals surface area contributed by atoms with Crippen molar-refractivity contribution in [3.8, 4) is 0 Å². The van der Waals surface area contributed by atoms with Crippen LogP contribution in [0.15, 0.2) is 28.7 Å². The van der Waals surface area contributed by atoms with Gasteiger partial charge in [0.1, 0.15) is 5.60 Å². The molecular formula is C16H25BrN2O2. The molecule has 1 atom stereocenters. The number of carbonyl (C=O) groups excluding carboxylic acids is 1. The van der Waals surface area contributed by atoms with Gasteiger partial charge in [0.2, 0.25) is 0 Å². The van der Waals surface area contributed by atoms with Crippen LogP contribution in [-0.4, -0.2) is 24.3 Å². The second kappa shape index (κ2) is 8.39. The van der Waals surface area contributed by atoms with Crippen LogP contribution in [0.25, 0.3) is 0 Å². The van der Waals surface area contributed by atoms with E-state index in [9.17, 15) is 4.79 Å². The van der Waals surface area contributed by atoms with Crippen LogP contribution in [0.3, 0.4) is 0 Å². The second-order valence-corrected chi connectivity index (χ2v) is 6.93. The smallest absolute Gasteiger partial charge is 0.407 e. The zero-order valence-electron chi connectivity index (χ0n) is 13.2. The molecule has 0 aliphatic carbocycles. The van der Waals surface area contributed by atoms with Crippen molar-refractivity contribution in [1.29, 1.82) is 0 Å². The van der Waals surface area contributed by atoms with Gasteiger partial charge in [-0.15, -0.1) is 0 Å². The van der Waals surface area contributed by atoms with Gasteiger partial charge >= 0.3 is 6.09 Å². The summed E-state index contributed by atoms with van der Waals surface area (Å²) in [4.78, 5) is 11.7. The number of benzene rings is 1. The van der Waals surface area contributed by atoms with E-state index < -0.39 is 5.60 Å². The third-order valence-corrected chi connectivity index (χ3v) is 3.32. The number of carbonyl (C=O) groups is 1. The van der Waals surface area contributed by atoms with Gasteiger partial charge in [-0.2, -0.15) is 0 Å². The van der Waals surface area contributed by atoms with Gasteiger partial charge < -0.3 is 15.4 Å². The van der Waals surface area contributed by atoms with Gasteiger partial charge in [-0.1, -0.05) is 35.0 Å². The molecule has 21 heavy (non-hydrogen) atoms. The Morgan fingerprint density at radius 3 is 2.67 bits per heavy atom. The Morgan fingerprint density at radius 1 is 1.38 bits per heavy atom. The highest BCUT2D eigenvalue weighted by Gasteiger charge is 2.18. The molecule has 1 aromatic carbocycles. The van der Waals surface area contributed by atoms with Crippen molar-refractivity contribution in [2.45, 2.75) is 52.3 Å². The fourth-order valence-corrected chi connectivity index (χ4v) is 2.26. The normalized spacial score (nSPS) is 12.8. The summed E-state index contributed by atoms with van der Waals surface area (Å²) in [5.41, 5.74) is 0.739. The maximum atomic E-state index is 11.7. The zero-order chi connectivity index (χ0) is 15.9. The summed E-state index contributed by atoms with van der Waals surface area (Å²) < 4.78 is 6.34. The first-order valence-corrected chi connectivity index (χ1v) is 8.04. The summed E-state index contributed by atoms with van der Waals surface area (Å²) in [5, 5.41) is 6.24. The molecule has 1 rings (SSSR count). The third-order valence-electron chi connectivity index (χ3n) is 2.82. The summed E-state index contributed by atoms with van der Waals surface area (Å²) in [5.74, 6) is 0. The van der Waals surface area contributed by atoms with Crippen LogP contribution in [-0.2, 0) is 11.3 Å². The molecule has 0 fully saturated rings. The molecule has 1 aromatic rings. The lowest BCUT2D eigenvalue weighted by molar-refractivity contribution is 0.0502. The summed E-state index contributed by atoms with van der Waals surface area (Å²) in [6, 6.07) is 8.22. The molecule has 0 saturated heterocycles. The molecule has 0 aromatic heterocycles. The number of hydrogen-bond acceptors (Lipinski definition) is 3. The van der Waals surface area contributed by atoms with Gasteiger partial charge in [0.15, 0.2) is 0 Å². The van der Waals surface area contributed by atoms with Gasteiger partial charge in [-0.05, 0) is 44.9 Å². The minimum absolute atomic E-state index is 0.0620. The topological polar surface area (TPSA) is 50.4 Å². The van der Waals surface area contributed by atoms with E-state index in [1.54, 1.807) is 0 Å². The van der Waals surface area contributed by atoms with E-state index in [1.807, 2.05) is 39.8 Å². The van der Waals surface area contributed by atoms with Crippen molar-refractivity contribution < 1.29 is 9.53 Å². The predicted molar refractivity (Wildman–Crippen MR) is 89.3 cm³/mol. The molecule has 118 valence electrons. The zero-order valence-corrected chi connectivity index (χ0v) is 14.8. The van der Waals surface area contributed by atoms with Crippen molar-refractivity contribution >= 4 is 22.0 Å². The number of rotatable bonds is 6. The minimum atomic E-state index is -0.466. The second-order valence-electron chi connectivity index (χ2n) is 6.01. The number of nitrogens with one attached hydrogen (secondary N) is 2. The quantitative estimate of drug-likeness (QED) is 0.813. The lowest BCUT2D eigenvalue weighted by Gasteiger charge is -2.23. The molecule has 0 bridgehead atoms. The van der Waals surface area contributed by atoms with Crippen LogP contribution in [0.1, 0.15) is 39.7 Å². The van der Waals surface area contributed by atoms with E-state index in [4.69, 9.17) is 4.74 Å².